The van der Waals surface area contributed by atoms with E-state index in [9.17, 15) is 4.79 Å². The van der Waals surface area contributed by atoms with Crippen LogP contribution in [0, 0.1) is 4.64 Å². The van der Waals surface area contributed by atoms with Gasteiger partial charge in [-0.1, -0.05) is 12.2 Å². The van der Waals surface area contributed by atoms with Gasteiger partial charge in [0.05, 0.1) is 19.9 Å². The Hall–Kier alpha value is -2.08. The minimum atomic E-state index is -0.173. The number of aryl methyl sites for hydroxylation is 1. The van der Waals surface area contributed by atoms with Crippen LogP contribution in [-0.4, -0.2) is 23.8 Å². The van der Waals surface area contributed by atoms with Gasteiger partial charge in [-0.05, 0) is 30.2 Å². The molecule has 0 aliphatic carbocycles. The molecule has 104 valence electrons. The normalized spacial score (nSPS) is 12.5. The average Bonchev–Trinajstić information content (AvgIpc) is 2.45. The van der Waals surface area contributed by atoms with Crippen LogP contribution in [-0.2, 0) is 13.0 Å². The minimum absolute atomic E-state index is 0.173. The van der Waals surface area contributed by atoms with Crippen LogP contribution in [0.15, 0.2) is 23.0 Å². The monoisotopic (exact) mass is 290 g/mol. The lowest BCUT2D eigenvalue weighted by Crippen LogP contribution is -2.28. The molecule has 0 radical (unpaired) electrons. The first-order chi connectivity index (χ1) is 9.63. The molecule has 0 spiro atoms. The van der Waals surface area contributed by atoms with Gasteiger partial charge in [0.2, 0.25) is 0 Å². The van der Waals surface area contributed by atoms with Crippen molar-refractivity contribution in [2.45, 2.75) is 13.0 Å². The Balaban J connectivity index is 2.31. The fraction of sp³-hybridized carbons (Fsp3) is 0.286. The zero-order valence-electron chi connectivity index (χ0n) is 11.2. The van der Waals surface area contributed by atoms with Crippen molar-refractivity contribution in [1.29, 1.82) is 0 Å². The number of aromatic nitrogens is 2. The highest BCUT2D eigenvalue weighted by Gasteiger charge is 2.20. The number of nitrogens with one attached hydrogen (secondary N) is 1. The summed E-state index contributed by atoms with van der Waals surface area (Å²) in [4.78, 5) is 14.6. The Morgan fingerprint density at radius 1 is 1.20 bits per heavy atom. The highest BCUT2D eigenvalue weighted by atomic mass is 32.1. The van der Waals surface area contributed by atoms with E-state index in [1.165, 1.54) is 0 Å². The van der Waals surface area contributed by atoms with Gasteiger partial charge in [0.25, 0.3) is 0 Å². The number of aromatic amines is 1. The van der Waals surface area contributed by atoms with E-state index in [1.54, 1.807) is 24.9 Å². The van der Waals surface area contributed by atoms with Gasteiger partial charge in [-0.15, -0.1) is 0 Å². The maximum atomic E-state index is 12.0. The number of benzene rings is 1. The molecule has 0 atom stereocenters. The fourth-order valence-corrected chi connectivity index (χ4v) is 2.76. The van der Waals surface area contributed by atoms with Crippen molar-refractivity contribution in [2.24, 2.45) is 0 Å². The van der Waals surface area contributed by atoms with Gasteiger partial charge in [-0.3, -0.25) is 9.55 Å². The maximum absolute atomic E-state index is 12.0. The van der Waals surface area contributed by atoms with Crippen molar-refractivity contribution in [2.75, 3.05) is 14.2 Å². The minimum Gasteiger partial charge on any atom is -0.493 e. The van der Waals surface area contributed by atoms with Gasteiger partial charge in [-0.25, -0.2) is 4.79 Å². The molecule has 2 heterocycles. The number of rotatable bonds is 2. The largest absolute Gasteiger partial charge is 0.493 e. The van der Waals surface area contributed by atoms with Crippen LogP contribution in [0.1, 0.15) is 5.56 Å². The number of ether oxygens (including phenoxy) is 2. The number of hydrogen-bond acceptors (Lipinski definition) is 4. The molecule has 6 heteroatoms. The van der Waals surface area contributed by atoms with Crippen LogP contribution in [0.5, 0.6) is 11.5 Å². The van der Waals surface area contributed by atoms with E-state index in [-0.39, 0.29) is 5.69 Å². The molecular weight excluding hydrogens is 276 g/mol. The standard InChI is InChI=1S/C14H14N2O3S/c1-18-11-5-8-3-4-16-10(7-13(20)15-14(16)17)9(8)6-12(11)19-2/h5-7H,3-4H2,1-2H3,(H,15,17,20). The van der Waals surface area contributed by atoms with Gasteiger partial charge in [0, 0.05) is 12.1 Å². The van der Waals surface area contributed by atoms with Crippen molar-refractivity contribution in [3.05, 3.63) is 38.9 Å². The smallest absolute Gasteiger partial charge is 0.326 e. The predicted octanol–water partition coefficient (Wildman–Crippen LogP) is 2.15. The summed E-state index contributed by atoms with van der Waals surface area (Å²) in [5, 5.41) is 0. The van der Waals surface area contributed by atoms with E-state index < -0.39 is 0 Å². The zero-order valence-corrected chi connectivity index (χ0v) is 12.0. The second-order valence-corrected chi connectivity index (χ2v) is 5.03. The van der Waals surface area contributed by atoms with Crippen LogP contribution < -0.4 is 15.2 Å². The van der Waals surface area contributed by atoms with Crippen LogP contribution in [0.2, 0.25) is 0 Å². The second kappa shape index (κ2) is 4.79. The zero-order chi connectivity index (χ0) is 14.3. The van der Waals surface area contributed by atoms with Gasteiger partial charge in [0.1, 0.15) is 4.64 Å². The fourth-order valence-electron chi connectivity index (χ4n) is 2.56. The Kier molecular flexibility index (Phi) is 3.10. The molecule has 1 aliphatic heterocycles. The molecule has 1 aromatic heterocycles. The molecule has 0 fully saturated rings. The van der Waals surface area contributed by atoms with E-state index >= 15 is 0 Å². The summed E-state index contributed by atoms with van der Waals surface area (Å²) >= 11 is 5.10. The van der Waals surface area contributed by atoms with Gasteiger partial charge in [0.15, 0.2) is 11.5 Å². The number of H-pyrrole nitrogens is 1. The summed E-state index contributed by atoms with van der Waals surface area (Å²) in [7, 11) is 3.21. The Bertz CT molecular complexity index is 792. The number of methoxy groups -OCH3 is 2. The molecule has 1 N–H and O–H groups in total. The van der Waals surface area contributed by atoms with Crippen LogP contribution >= 0.6 is 12.2 Å². The van der Waals surface area contributed by atoms with Crippen LogP contribution in [0.3, 0.4) is 0 Å². The van der Waals surface area contributed by atoms with Gasteiger partial charge in [-0.2, -0.15) is 0 Å². The summed E-state index contributed by atoms with van der Waals surface area (Å²) in [5.41, 5.74) is 2.74. The van der Waals surface area contributed by atoms with Gasteiger partial charge < -0.3 is 9.47 Å². The van der Waals surface area contributed by atoms with E-state index in [0.29, 0.717) is 22.7 Å². The summed E-state index contributed by atoms with van der Waals surface area (Å²) in [6, 6.07) is 5.66. The first-order valence-corrected chi connectivity index (χ1v) is 6.64. The van der Waals surface area contributed by atoms with Crippen LogP contribution in [0.4, 0.5) is 0 Å². The third-order valence-electron chi connectivity index (χ3n) is 3.52. The lowest BCUT2D eigenvalue weighted by Gasteiger charge is -2.22. The molecule has 2 aromatic rings. The molecule has 0 bridgehead atoms. The Labute approximate surface area is 120 Å². The predicted molar refractivity (Wildman–Crippen MR) is 78.1 cm³/mol. The van der Waals surface area contributed by atoms with Crippen molar-refractivity contribution < 1.29 is 9.47 Å². The second-order valence-electron chi connectivity index (χ2n) is 4.59. The van der Waals surface area contributed by atoms with E-state index in [0.717, 1.165) is 23.2 Å². The lowest BCUT2D eigenvalue weighted by atomic mass is 9.97. The lowest BCUT2D eigenvalue weighted by molar-refractivity contribution is 0.354. The number of fused-ring (bicyclic) bond motifs is 3. The highest BCUT2D eigenvalue weighted by Crippen LogP contribution is 2.37. The molecule has 0 saturated carbocycles. The third-order valence-corrected chi connectivity index (χ3v) is 3.74. The van der Waals surface area contributed by atoms with Crippen molar-refractivity contribution in [3.8, 4) is 22.8 Å². The quantitative estimate of drug-likeness (QED) is 0.861. The summed E-state index contributed by atoms with van der Waals surface area (Å²) in [6.45, 7) is 0.628. The molecule has 3 rings (SSSR count). The summed E-state index contributed by atoms with van der Waals surface area (Å²) < 4.78 is 12.8. The Morgan fingerprint density at radius 3 is 2.60 bits per heavy atom. The van der Waals surface area contributed by atoms with E-state index in [1.807, 2.05) is 12.1 Å². The van der Waals surface area contributed by atoms with Crippen molar-refractivity contribution >= 4 is 12.2 Å². The first-order valence-electron chi connectivity index (χ1n) is 6.23. The van der Waals surface area contributed by atoms with Crippen molar-refractivity contribution in [3.63, 3.8) is 0 Å². The van der Waals surface area contributed by atoms with Crippen LogP contribution in [0.25, 0.3) is 11.3 Å². The Morgan fingerprint density at radius 2 is 1.90 bits per heavy atom. The van der Waals surface area contributed by atoms with E-state index in [2.05, 4.69) is 4.98 Å². The molecule has 1 aliphatic rings. The van der Waals surface area contributed by atoms with Gasteiger partial charge >= 0.3 is 5.69 Å². The average molecular weight is 290 g/mol. The molecule has 0 amide bonds. The topological polar surface area (TPSA) is 56.2 Å². The highest BCUT2D eigenvalue weighted by molar-refractivity contribution is 7.71. The molecule has 5 nitrogen and oxygen atoms in total. The molecular formula is C14H14N2O3S. The number of nitrogens with zero attached hydrogens (tertiary/aromatic N) is 1. The van der Waals surface area contributed by atoms with Crippen molar-refractivity contribution in [1.82, 2.24) is 9.55 Å². The summed E-state index contributed by atoms with van der Waals surface area (Å²) in [6.07, 6.45) is 0.771. The summed E-state index contributed by atoms with van der Waals surface area (Å²) in [5.74, 6) is 1.34. The SMILES string of the molecule is COc1cc2c(cc1OC)-c1cc(=S)[nH]c(=O)n1CC2. The molecule has 20 heavy (non-hydrogen) atoms. The third kappa shape index (κ3) is 1.92. The first kappa shape index (κ1) is 12.9. The van der Waals surface area contributed by atoms with E-state index in [4.69, 9.17) is 21.7 Å². The molecule has 1 aromatic carbocycles. The number of hydrogen-bond donors (Lipinski definition) is 1. The maximum Gasteiger partial charge on any atom is 0.326 e. The molecule has 0 unspecified atom stereocenters. The molecule has 0 saturated heterocycles.